The van der Waals surface area contributed by atoms with Gasteiger partial charge < -0.3 is 9.64 Å². The first-order valence-electron chi connectivity index (χ1n) is 10.3. The lowest BCUT2D eigenvalue weighted by Crippen LogP contribution is -2.58. The van der Waals surface area contributed by atoms with Gasteiger partial charge in [-0.05, 0) is 58.4 Å². The first-order valence-corrected chi connectivity index (χ1v) is 10.3. The third-order valence-electron chi connectivity index (χ3n) is 6.87. The Morgan fingerprint density at radius 2 is 1.62 bits per heavy atom. The van der Waals surface area contributed by atoms with Crippen LogP contribution in [-0.4, -0.2) is 85.3 Å². The second-order valence-corrected chi connectivity index (χ2v) is 8.81. The normalized spacial score (nSPS) is 31.1. The fraction of sp³-hybridized carbons (Fsp3) is 1.00. The van der Waals surface area contributed by atoms with Gasteiger partial charge in [-0.15, -0.1) is 0 Å². The predicted molar refractivity (Wildman–Crippen MR) is 100 cm³/mol. The Morgan fingerprint density at radius 3 is 2.21 bits per heavy atom. The Bertz CT molecular complexity index is 377. The summed E-state index contributed by atoms with van der Waals surface area (Å²) in [6, 6.07) is 2.15. The predicted octanol–water partition coefficient (Wildman–Crippen LogP) is 2.54. The van der Waals surface area contributed by atoms with Gasteiger partial charge in [0.05, 0.1) is 19.3 Å². The van der Waals surface area contributed by atoms with E-state index in [1.807, 2.05) is 0 Å². The van der Waals surface area contributed by atoms with Gasteiger partial charge in [0.25, 0.3) is 0 Å². The molecule has 3 aliphatic heterocycles. The summed E-state index contributed by atoms with van der Waals surface area (Å²) < 4.78 is 5.35. The smallest absolute Gasteiger partial charge is 0.0645 e. The van der Waals surface area contributed by atoms with Crippen molar-refractivity contribution in [1.82, 2.24) is 14.7 Å². The van der Waals surface area contributed by atoms with Crippen LogP contribution in [0.5, 0.6) is 0 Å². The molecule has 0 spiro atoms. The summed E-state index contributed by atoms with van der Waals surface area (Å²) in [6.45, 7) is 19.2. The van der Waals surface area contributed by atoms with Crippen LogP contribution in [0.2, 0.25) is 0 Å². The van der Waals surface area contributed by atoms with E-state index in [4.69, 9.17) is 4.74 Å². The zero-order chi connectivity index (χ0) is 17.1. The molecule has 3 heterocycles. The van der Waals surface area contributed by atoms with Crippen LogP contribution in [0.4, 0.5) is 0 Å². The minimum atomic E-state index is 0.712. The van der Waals surface area contributed by atoms with Gasteiger partial charge >= 0.3 is 0 Å². The minimum absolute atomic E-state index is 0.712. The molecular formula is C20H39N3O. The average molecular weight is 338 g/mol. The van der Waals surface area contributed by atoms with Crippen molar-refractivity contribution in [2.24, 2.45) is 11.8 Å². The van der Waals surface area contributed by atoms with E-state index in [9.17, 15) is 0 Å². The van der Waals surface area contributed by atoms with E-state index in [-0.39, 0.29) is 0 Å². The number of nitrogens with zero attached hydrogens (tertiary/aromatic N) is 3. The number of hydrogen-bond acceptors (Lipinski definition) is 4. The maximum atomic E-state index is 5.35. The summed E-state index contributed by atoms with van der Waals surface area (Å²) in [7, 11) is 0. The lowest BCUT2D eigenvalue weighted by atomic mass is 9.85. The highest BCUT2D eigenvalue weighted by atomic mass is 16.5. The van der Waals surface area contributed by atoms with Crippen molar-refractivity contribution in [3.05, 3.63) is 0 Å². The summed E-state index contributed by atoms with van der Waals surface area (Å²) in [6.07, 6.45) is 4.24. The standard InChI is InChI=1S/C20H39N3O/c1-16(2)23-7-5-6-19(13-23)12-17(3)18(4)21-8-10-22(11-9-21)20-14-24-15-20/h16-20H,5-15H2,1-4H3. The second-order valence-electron chi connectivity index (χ2n) is 8.81. The van der Waals surface area contributed by atoms with Crippen molar-refractivity contribution in [2.75, 3.05) is 52.5 Å². The zero-order valence-electron chi connectivity index (χ0n) is 16.4. The number of piperazine rings is 1. The fourth-order valence-electron chi connectivity index (χ4n) is 4.79. The zero-order valence-corrected chi connectivity index (χ0v) is 16.4. The Balaban J connectivity index is 1.42. The van der Waals surface area contributed by atoms with E-state index in [0.717, 1.165) is 31.1 Å². The molecule has 0 radical (unpaired) electrons. The highest BCUT2D eigenvalue weighted by Gasteiger charge is 2.32. The van der Waals surface area contributed by atoms with E-state index in [0.29, 0.717) is 12.1 Å². The van der Waals surface area contributed by atoms with E-state index >= 15 is 0 Å². The Labute approximate surface area is 149 Å². The highest BCUT2D eigenvalue weighted by molar-refractivity contribution is 4.86. The molecule has 3 fully saturated rings. The molecule has 0 N–H and O–H groups in total. The first kappa shape index (κ1) is 18.6. The lowest BCUT2D eigenvalue weighted by Gasteiger charge is -2.45. The van der Waals surface area contributed by atoms with Gasteiger partial charge in [-0.1, -0.05) is 6.92 Å². The van der Waals surface area contributed by atoms with Crippen molar-refractivity contribution in [2.45, 2.75) is 65.1 Å². The van der Waals surface area contributed by atoms with Crippen molar-refractivity contribution >= 4 is 0 Å². The van der Waals surface area contributed by atoms with Crippen LogP contribution in [0.3, 0.4) is 0 Å². The maximum absolute atomic E-state index is 5.35. The quantitative estimate of drug-likeness (QED) is 0.741. The van der Waals surface area contributed by atoms with Gasteiger partial charge in [0, 0.05) is 44.8 Å². The van der Waals surface area contributed by atoms with Crippen LogP contribution in [0.1, 0.15) is 47.0 Å². The van der Waals surface area contributed by atoms with Crippen molar-refractivity contribution < 1.29 is 4.74 Å². The Hall–Kier alpha value is -0.160. The first-order chi connectivity index (χ1) is 11.5. The molecule has 140 valence electrons. The summed E-state index contributed by atoms with van der Waals surface area (Å²) >= 11 is 0. The van der Waals surface area contributed by atoms with Crippen LogP contribution in [0, 0.1) is 11.8 Å². The van der Waals surface area contributed by atoms with Gasteiger partial charge in [0.15, 0.2) is 0 Å². The molecule has 3 rings (SSSR count). The van der Waals surface area contributed by atoms with Gasteiger partial charge in [0.1, 0.15) is 0 Å². The van der Waals surface area contributed by atoms with Crippen LogP contribution in [0.25, 0.3) is 0 Å². The van der Waals surface area contributed by atoms with Gasteiger partial charge in [-0.2, -0.15) is 0 Å². The molecule has 3 aliphatic rings. The number of hydrogen-bond donors (Lipinski definition) is 0. The number of ether oxygens (including phenoxy) is 1. The molecule has 4 nitrogen and oxygen atoms in total. The Kier molecular flexibility index (Phi) is 6.58. The monoisotopic (exact) mass is 337 g/mol. The molecule has 3 atom stereocenters. The molecule has 3 unspecified atom stereocenters. The molecule has 3 saturated heterocycles. The Morgan fingerprint density at radius 1 is 0.917 bits per heavy atom. The van der Waals surface area contributed by atoms with Gasteiger partial charge in [-0.3, -0.25) is 9.80 Å². The van der Waals surface area contributed by atoms with Crippen molar-refractivity contribution in [1.29, 1.82) is 0 Å². The average Bonchev–Trinajstić information content (AvgIpc) is 2.53. The molecular weight excluding hydrogens is 298 g/mol. The maximum Gasteiger partial charge on any atom is 0.0645 e. The number of piperidine rings is 1. The van der Waals surface area contributed by atoms with Crippen LogP contribution < -0.4 is 0 Å². The van der Waals surface area contributed by atoms with Crippen LogP contribution in [-0.2, 0) is 4.74 Å². The topological polar surface area (TPSA) is 19.0 Å². The lowest BCUT2D eigenvalue weighted by molar-refractivity contribution is -0.0810. The SMILES string of the molecule is CC(CC1CCCN(C(C)C)C1)C(C)N1CCN(C2COC2)CC1. The highest BCUT2D eigenvalue weighted by Crippen LogP contribution is 2.28. The minimum Gasteiger partial charge on any atom is -0.378 e. The van der Waals surface area contributed by atoms with Crippen LogP contribution in [0.15, 0.2) is 0 Å². The van der Waals surface area contributed by atoms with E-state index in [1.54, 1.807) is 0 Å². The molecule has 0 aromatic heterocycles. The fourth-order valence-corrected chi connectivity index (χ4v) is 4.79. The van der Waals surface area contributed by atoms with Gasteiger partial charge in [0.2, 0.25) is 0 Å². The molecule has 0 aromatic carbocycles. The third-order valence-corrected chi connectivity index (χ3v) is 6.87. The molecule has 4 heteroatoms. The van der Waals surface area contributed by atoms with Gasteiger partial charge in [-0.25, -0.2) is 0 Å². The molecule has 0 aromatic rings. The summed E-state index contributed by atoms with van der Waals surface area (Å²) in [5.41, 5.74) is 0. The van der Waals surface area contributed by atoms with E-state index in [1.165, 1.54) is 58.5 Å². The molecule has 0 saturated carbocycles. The number of likely N-dealkylation sites (tertiary alicyclic amines) is 1. The molecule has 0 bridgehead atoms. The summed E-state index contributed by atoms with van der Waals surface area (Å²) in [5, 5.41) is 0. The third kappa shape index (κ3) is 4.51. The van der Waals surface area contributed by atoms with Crippen LogP contribution >= 0.6 is 0 Å². The molecule has 0 amide bonds. The summed E-state index contributed by atoms with van der Waals surface area (Å²) in [4.78, 5) is 8.06. The van der Waals surface area contributed by atoms with E-state index < -0.39 is 0 Å². The molecule has 0 aliphatic carbocycles. The summed E-state index contributed by atoms with van der Waals surface area (Å²) in [5.74, 6) is 1.72. The largest absolute Gasteiger partial charge is 0.378 e. The number of rotatable bonds is 6. The van der Waals surface area contributed by atoms with E-state index in [2.05, 4.69) is 42.4 Å². The molecule has 24 heavy (non-hydrogen) atoms. The second kappa shape index (κ2) is 8.48. The van der Waals surface area contributed by atoms with Crippen molar-refractivity contribution in [3.8, 4) is 0 Å². The van der Waals surface area contributed by atoms with Crippen molar-refractivity contribution in [3.63, 3.8) is 0 Å².